The highest BCUT2D eigenvalue weighted by Crippen LogP contribution is 2.28. The van der Waals surface area contributed by atoms with Crippen LogP contribution in [0.1, 0.15) is 31.7 Å². The van der Waals surface area contributed by atoms with Gasteiger partial charge in [0.25, 0.3) is 5.91 Å². The Balaban J connectivity index is 2.50. The smallest absolute Gasteiger partial charge is 0.258 e. The summed E-state index contributed by atoms with van der Waals surface area (Å²) >= 11 is 0. The van der Waals surface area contributed by atoms with Crippen molar-refractivity contribution in [2.75, 3.05) is 26.9 Å². The molecule has 0 aliphatic rings. The number of ether oxygens (including phenoxy) is 2. The summed E-state index contributed by atoms with van der Waals surface area (Å²) in [4.78, 5) is 11.6. The van der Waals surface area contributed by atoms with E-state index in [0.29, 0.717) is 19.1 Å². The zero-order chi connectivity index (χ0) is 14.1. The van der Waals surface area contributed by atoms with Gasteiger partial charge in [-0.05, 0) is 24.0 Å². The fraction of sp³-hybridized carbons (Fsp3) is 0.533. The maximum atomic E-state index is 11.6. The number of carbonyl (C=O) groups is 1. The summed E-state index contributed by atoms with van der Waals surface area (Å²) in [6.45, 7) is 5.35. The van der Waals surface area contributed by atoms with Crippen LogP contribution < -0.4 is 10.1 Å². The Hall–Kier alpha value is -1.55. The Morgan fingerprint density at radius 2 is 2.11 bits per heavy atom. The number of nitrogens with one attached hydrogen (secondary N) is 1. The van der Waals surface area contributed by atoms with E-state index in [1.807, 2.05) is 24.3 Å². The second-order valence-corrected chi connectivity index (χ2v) is 4.48. The molecule has 0 aromatic heterocycles. The summed E-state index contributed by atoms with van der Waals surface area (Å²) in [6, 6.07) is 7.87. The van der Waals surface area contributed by atoms with E-state index in [4.69, 9.17) is 9.47 Å². The molecule has 106 valence electrons. The third kappa shape index (κ3) is 5.30. The Morgan fingerprint density at radius 1 is 1.37 bits per heavy atom. The van der Waals surface area contributed by atoms with Crippen LogP contribution in [0.2, 0.25) is 0 Å². The van der Waals surface area contributed by atoms with Gasteiger partial charge in [-0.1, -0.05) is 32.0 Å². The van der Waals surface area contributed by atoms with Crippen LogP contribution in [0.3, 0.4) is 0 Å². The first kappa shape index (κ1) is 15.5. The Labute approximate surface area is 115 Å². The monoisotopic (exact) mass is 265 g/mol. The van der Waals surface area contributed by atoms with Gasteiger partial charge >= 0.3 is 0 Å². The van der Waals surface area contributed by atoms with Crippen molar-refractivity contribution in [2.45, 2.75) is 26.2 Å². The third-order valence-corrected chi connectivity index (χ3v) is 3.05. The Bertz CT molecular complexity index is 393. The van der Waals surface area contributed by atoms with Crippen molar-refractivity contribution >= 4 is 5.91 Å². The van der Waals surface area contributed by atoms with E-state index in [2.05, 4.69) is 19.2 Å². The summed E-state index contributed by atoms with van der Waals surface area (Å²) in [6.07, 6.45) is 1.04. The zero-order valence-electron chi connectivity index (χ0n) is 11.9. The topological polar surface area (TPSA) is 47.6 Å². The van der Waals surface area contributed by atoms with Crippen molar-refractivity contribution in [3.63, 3.8) is 0 Å². The highest BCUT2D eigenvalue weighted by molar-refractivity contribution is 5.77. The number of rotatable bonds is 8. The van der Waals surface area contributed by atoms with Gasteiger partial charge in [0.1, 0.15) is 5.75 Å². The molecule has 0 fully saturated rings. The van der Waals surface area contributed by atoms with Crippen molar-refractivity contribution in [1.82, 2.24) is 5.32 Å². The minimum absolute atomic E-state index is 0.0389. The second kappa shape index (κ2) is 8.53. The van der Waals surface area contributed by atoms with Crippen molar-refractivity contribution in [3.05, 3.63) is 29.8 Å². The van der Waals surface area contributed by atoms with Crippen molar-refractivity contribution in [3.8, 4) is 5.75 Å². The number of carbonyl (C=O) groups excluding carboxylic acids is 1. The fourth-order valence-electron chi connectivity index (χ4n) is 1.73. The van der Waals surface area contributed by atoms with E-state index in [0.717, 1.165) is 17.7 Å². The first-order valence-corrected chi connectivity index (χ1v) is 6.66. The van der Waals surface area contributed by atoms with Crippen LogP contribution in [-0.4, -0.2) is 32.8 Å². The summed E-state index contributed by atoms with van der Waals surface area (Å²) in [5, 5.41) is 2.73. The molecule has 1 aromatic carbocycles. The molecule has 19 heavy (non-hydrogen) atoms. The summed E-state index contributed by atoms with van der Waals surface area (Å²) in [7, 11) is 1.60. The Morgan fingerprint density at radius 3 is 2.79 bits per heavy atom. The van der Waals surface area contributed by atoms with E-state index < -0.39 is 0 Å². The molecular formula is C15H23NO3. The van der Waals surface area contributed by atoms with E-state index >= 15 is 0 Å². The number of methoxy groups -OCH3 is 1. The number of para-hydroxylation sites is 1. The number of benzene rings is 1. The third-order valence-electron chi connectivity index (χ3n) is 3.05. The number of amides is 1. The molecule has 0 bridgehead atoms. The molecule has 4 nitrogen and oxygen atoms in total. The van der Waals surface area contributed by atoms with Gasteiger partial charge in [-0.15, -0.1) is 0 Å². The number of hydrogen-bond donors (Lipinski definition) is 1. The molecule has 0 aliphatic heterocycles. The predicted molar refractivity (Wildman–Crippen MR) is 75.5 cm³/mol. The molecule has 0 heterocycles. The van der Waals surface area contributed by atoms with Crippen LogP contribution in [0.25, 0.3) is 0 Å². The molecule has 4 heteroatoms. The molecular weight excluding hydrogens is 242 g/mol. The average molecular weight is 265 g/mol. The van der Waals surface area contributed by atoms with Crippen LogP contribution in [0, 0.1) is 0 Å². The van der Waals surface area contributed by atoms with Gasteiger partial charge in [-0.3, -0.25) is 4.79 Å². The van der Waals surface area contributed by atoms with Gasteiger partial charge < -0.3 is 14.8 Å². The molecule has 0 saturated heterocycles. The van der Waals surface area contributed by atoms with Crippen molar-refractivity contribution < 1.29 is 14.3 Å². The number of hydrogen-bond acceptors (Lipinski definition) is 3. The molecule has 1 unspecified atom stereocenters. The minimum atomic E-state index is -0.129. The zero-order valence-corrected chi connectivity index (χ0v) is 11.9. The quantitative estimate of drug-likeness (QED) is 0.734. The maximum absolute atomic E-state index is 11.6. The van der Waals surface area contributed by atoms with Gasteiger partial charge in [0.2, 0.25) is 0 Å². The first-order valence-electron chi connectivity index (χ1n) is 6.66. The molecule has 0 radical (unpaired) electrons. The van der Waals surface area contributed by atoms with E-state index in [1.54, 1.807) is 7.11 Å². The SMILES string of the molecule is CCC(C)c1ccccc1OCC(=O)NCCOC. The largest absolute Gasteiger partial charge is 0.483 e. The molecule has 0 saturated carbocycles. The summed E-state index contributed by atoms with van der Waals surface area (Å²) in [5.74, 6) is 1.09. The summed E-state index contributed by atoms with van der Waals surface area (Å²) < 4.78 is 10.5. The van der Waals surface area contributed by atoms with Crippen molar-refractivity contribution in [2.24, 2.45) is 0 Å². The van der Waals surface area contributed by atoms with Gasteiger partial charge in [-0.2, -0.15) is 0 Å². The highest BCUT2D eigenvalue weighted by atomic mass is 16.5. The molecule has 0 spiro atoms. The molecule has 0 aliphatic carbocycles. The molecule has 1 rings (SSSR count). The lowest BCUT2D eigenvalue weighted by Gasteiger charge is -2.15. The van der Waals surface area contributed by atoms with Gasteiger partial charge in [0.05, 0.1) is 6.61 Å². The lowest BCUT2D eigenvalue weighted by molar-refractivity contribution is -0.123. The van der Waals surface area contributed by atoms with E-state index in [-0.39, 0.29) is 12.5 Å². The molecule has 1 atom stereocenters. The standard InChI is InChI=1S/C15H23NO3/c1-4-12(2)13-7-5-6-8-14(13)19-11-15(17)16-9-10-18-3/h5-8,12H,4,9-11H2,1-3H3,(H,16,17). The van der Waals surface area contributed by atoms with Gasteiger partial charge in [0.15, 0.2) is 6.61 Å². The first-order chi connectivity index (χ1) is 9.19. The molecule has 1 N–H and O–H groups in total. The normalized spacial score (nSPS) is 11.9. The minimum Gasteiger partial charge on any atom is -0.483 e. The predicted octanol–water partition coefficient (Wildman–Crippen LogP) is 2.34. The maximum Gasteiger partial charge on any atom is 0.258 e. The second-order valence-electron chi connectivity index (χ2n) is 4.48. The molecule has 1 aromatic rings. The fourth-order valence-corrected chi connectivity index (χ4v) is 1.73. The van der Waals surface area contributed by atoms with Crippen LogP contribution in [-0.2, 0) is 9.53 Å². The Kier molecular flexibility index (Phi) is 6.97. The van der Waals surface area contributed by atoms with E-state index in [9.17, 15) is 4.79 Å². The average Bonchev–Trinajstić information content (AvgIpc) is 2.45. The lowest BCUT2D eigenvalue weighted by atomic mass is 9.98. The van der Waals surface area contributed by atoms with Crippen LogP contribution in [0.4, 0.5) is 0 Å². The van der Waals surface area contributed by atoms with Crippen LogP contribution >= 0.6 is 0 Å². The lowest BCUT2D eigenvalue weighted by Crippen LogP contribution is -2.31. The van der Waals surface area contributed by atoms with Crippen molar-refractivity contribution in [1.29, 1.82) is 0 Å². The van der Waals surface area contributed by atoms with E-state index in [1.165, 1.54) is 0 Å². The highest BCUT2D eigenvalue weighted by Gasteiger charge is 2.10. The van der Waals surface area contributed by atoms with Crippen LogP contribution in [0.5, 0.6) is 5.75 Å². The van der Waals surface area contributed by atoms with Gasteiger partial charge in [-0.25, -0.2) is 0 Å². The van der Waals surface area contributed by atoms with Gasteiger partial charge in [0, 0.05) is 13.7 Å². The summed E-state index contributed by atoms with van der Waals surface area (Å²) in [5.41, 5.74) is 1.15. The molecule has 1 amide bonds. The van der Waals surface area contributed by atoms with Crippen LogP contribution in [0.15, 0.2) is 24.3 Å².